The number of hydrogen-bond donors (Lipinski definition) is 6. The van der Waals surface area contributed by atoms with Crippen molar-refractivity contribution in [3.8, 4) is 17.2 Å². The van der Waals surface area contributed by atoms with Crippen LogP contribution in [0.15, 0.2) is 109 Å². The number of phenolic OH excluding ortho intramolecular Hbond substituents is 3. The van der Waals surface area contributed by atoms with Crippen LogP contribution in [-0.4, -0.2) is 33.0 Å². The van der Waals surface area contributed by atoms with Crippen LogP contribution in [0.1, 0.15) is 119 Å². The van der Waals surface area contributed by atoms with Gasteiger partial charge >= 0.3 is 0 Å². The average molecular weight is 988 g/mol. The van der Waals surface area contributed by atoms with Gasteiger partial charge in [0, 0.05) is 0 Å². The highest BCUT2D eigenvalue weighted by molar-refractivity contribution is 6.11. The van der Waals surface area contributed by atoms with E-state index in [0.717, 1.165) is 48.9 Å². The van der Waals surface area contributed by atoms with E-state index in [1.165, 1.54) is 42.8 Å². The van der Waals surface area contributed by atoms with E-state index in [9.17, 15) is 51.7 Å². The molecular weight excluding hydrogens is 930 g/mol. The molecule has 0 bridgehead atoms. The minimum atomic E-state index is -1.18. The summed E-state index contributed by atoms with van der Waals surface area (Å²) in [5.74, 6) is -4.95. The van der Waals surface area contributed by atoms with E-state index < -0.39 is 56.3 Å². The highest BCUT2D eigenvalue weighted by atomic mass is 19.2. The monoisotopic (exact) mass is 987 g/mol. The molecule has 376 valence electrons. The zero-order chi connectivity index (χ0) is 52.3. The van der Waals surface area contributed by atoms with Gasteiger partial charge in [0.1, 0.15) is 39.3 Å². The SMILES string of the molecule is CC(C)(C)C1(c2ccc(O)cc2)C(=O)Nc2c1ccc(F)c2F.CCC(C)(C)C1(c2ccc(O)cc2)C(=O)Nc2c1ccc(F)c2F.Cc1ccc2c(c1F)NC(=O)C2(c1ccc(O)cc1)C1CCCCC1. The van der Waals surface area contributed by atoms with Crippen molar-refractivity contribution in [3.05, 3.63) is 177 Å². The van der Waals surface area contributed by atoms with E-state index in [1.807, 2.05) is 47.6 Å². The first kappa shape index (κ1) is 51.1. The van der Waals surface area contributed by atoms with Crippen LogP contribution in [0.25, 0.3) is 0 Å². The topological polar surface area (TPSA) is 148 Å². The number of halogens is 5. The normalized spacial score (nSPS) is 21.2. The number of aromatic hydroxyl groups is 3. The summed E-state index contributed by atoms with van der Waals surface area (Å²) in [7, 11) is 0. The predicted octanol–water partition coefficient (Wildman–Crippen LogP) is 13.0. The third-order valence-corrected chi connectivity index (χ3v) is 15.7. The van der Waals surface area contributed by atoms with Crippen LogP contribution in [0, 0.1) is 52.8 Å². The molecule has 6 aromatic carbocycles. The number of amides is 3. The molecule has 6 N–H and O–H groups in total. The minimum Gasteiger partial charge on any atom is -0.508 e. The number of carbonyl (C=O) groups is 3. The molecule has 72 heavy (non-hydrogen) atoms. The maximum atomic E-state index is 14.7. The van der Waals surface area contributed by atoms with Crippen LogP contribution in [-0.2, 0) is 30.6 Å². The second-order valence-corrected chi connectivity index (χ2v) is 20.8. The number of phenols is 3. The lowest BCUT2D eigenvalue weighted by atomic mass is 9.57. The number of rotatable bonds is 6. The van der Waals surface area contributed by atoms with Crippen molar-refractivity contribution in [2.75, 3.05) is 16.0 Å². The highest BCUT2D eigenvalue weighted by Crippen LogP contribution is 2.57. The van der Waals surface area contributed by atoms with Gasteiger partial charge in [-0.25, -0.2) is 22.0 Å². The minimum absolute atomic E-state index is 0.0710. The summed E-state index contributed by atoms with van der Waals surface area (Å²) in [6, 6.07) is 28.0. The summed E-state index contributed by atoms with van der Waals surface area (Å²) in [6.07, 6.45) is 5.88. The third kappa shape index (κ3) is 7.84. The molecule has 3 aliphatic heterocycles. The summed E-state index contributed by atoms with van der Waals surface area (Å²) in [5, 5.41) is 36.6. The van der Waals surface area contributed by atoms with E-state index in [4.69, 9.17) is 0 Å². The molecule has 1 aliphatic carbocycles. The lowest BCUT2D eigenvalue weighted by Crippen LogP contribution is -2.48. The van der Waals surface area contributed by atoms with Crippen LogP contribution in [0.2, 0.25) is 0 Å². The second-order valence-electron chi connectivity index (χ2n) is 20.8. The Labute approximate surface area is 415 Å². The lowest BCUT2D eigenvalue weighted by molar-refractivity contribution is -0.123. The van der Waals surface area contributed by atoms with Crippen LogP contribution < -0.4 is 16.0 Å². The highest BCUT2D eigenvalue weighted by Gasteiger charge is 2.59. The standard InChI is InChI=1S/C21H22FNO2.C19H19F2NO2.C18H17F2NO2/c1-13-7-12-17-19(18(13)22)23-20(25)21(17,14-5-3-2-4-6-14)15-8-10-16(24)11-9-15;1-4-18(2,3)19(11-5-7-12(23)8-6-11)13-9-10-14(20)15(21)16(13)22-17(19)24;1-17(2,3)18(10-4-6-11(22)7-5-10)12-8-9-13(19)14(20)15(12)21-16(18)23/h7-12,14,24H,2-6H2,1H3,(H,23,25);5-10,23H,4H2,1-3H3,(H,22,24);4-9,22H,1-3H3,(H,21,23). The first-order valence-corrected chi connectivity index (χ1v) is 24.1. The van der Waals surface area contributed by atoms with E-state index in [-0.39, 0.29) is 52.2 Å². The first-order valence-electron chi connectivity index (χ1n) is 24.1. The van der Waals surface area contributed by atoms with Crippen molar-refractivity contribution in [2.24, 2.45) is 16.7 Å². The molecule has 3 unspecified atom stereocenters. The number of aryl methyl sites for hydroxylation is 1. The fourth-order valence-corrected chi connectivity index (χ4v) is 11.8. The smallest absolute Gasteiger partial charge is 0.240 e. The summed E-state index contributed by atoms with van der Waals surface area (Å²) < 4.78 is 70.3. The maximum Gasteiger partial charge on any atom is 0.240 e. The molecule has 0 spiro atoms. The summed E-state index contributed by atoms with van der Waals surface area (Å²) in [5.41, 5.74) is -0.118. The van der Waals surface area contributed by atoms with Crippen LogP contribution in [0.3, 0.4) is 0 Å². The average Bonchev–Trinajstić information content (AvgIpc) is 3.96. The zero-order valence-corrected chi connectivity index (χ0v) is 41.2. The van der Waals surface area contributed by atoms with Crippen LogP contribution >= 0.6 is 0 Å². The Morgan fingerprint density at radius 2 is 0.889 bits per heavy atom. The Morgan fingerprint density at radius 3 is 1.35 bits per heavy atom. The molecule has 0 saturated heterocycles. The maximum absolute atomic E-state index is 14.7. The molecule has 0 aromatic heterocycles. The molecule has 3 heterocycles. The van der Waals surface area contributed by atoms with E-state index >= 15 is 0 Å². The molecule has 10 rings (SSSR count). The van der Waals surface area contributed by atoms with Crippen molar-refractivity contribution in [1.82, 2.24) is 0 Å². The van der Waals surface area contributed by atoms with Gasteiger partial charge in [-0.15, -0.1) is 0 Å². The first-order chi connectivity index (χ1) is 34.0. The number of hydrogen-bond acceptors (Lipinski definition) is 6. The van der Waals surface area contributed by atoms with Gasteiger partial charge in [-0.1, -0.05) is 121 Å². The van der Waals surface area contributed by atoms with Gasteiger partial charge in [-0.2, -0.15) is 0 Å². The molecule has 3 atom stereocenters. The molecule has 1 fully saturated rings. The van der Waals surface area contributed by atoms with Gasteiger partial charge in [0.2, 0.25) is 17.7 Å². The molecule has 14 heteroatoms. The molecule has 1 saturated carbocycles. The van der Waals surface area contributed by atoms with Crippen molar-refractivity contribution in [1.29, 1.82) is 0 Å². The fraction of sp³-hybridized carbons (Fsp3) is 0.328. The molecule has 6 aromatic rings. The van der Waals surface area contributed by atoms with Gasteiger partial charge in [0.15, 0.2) is 23.3 Å². The molecule has 3 amide bonds. The number of nitrogens with one attached hydrogen (secondary N) is 3. The van der Waals surface area contributed by atoms with Gasteiger partial charge in [-0.3, -0.25) is 14.4 Å². The number of carbonyl (C=O) groups excluding carboxylic acids is 3. The third-order valence-electron chi connectivity index (χ3n) is 15.7. The Bertz CT molecular complexity index is 3090. The Kier molecular flexibility index (Phi) is 13.3. The predicted molar refractivity (Wildman–Crippen MR) is 267 cm³/mol. The fourth-order valence-electron chi connectivity index (χ4n) is 11.8. The van der Waals surface area contributed by atoms with Crippen molar-refractivity contribution in [2.45, 2.75) is 103 Å². The molecular formula is C58H58F5N3O6. The van der Waals surface area contributed by atoms with E-state index in [1.54, 1.807) is 61.5 Å². The summed E-state index contributed by atoms with van der Waals surface area (Å²) in [4.78, 5) is 39.2. The number of benzene rings is 6. The molecule has 9 nitrogen and oxygen atoms in total. The Hall–Kier alpha value is -7.22. The summed E-state index contributed by atoms with van der Waals surface area (Å²) >= 11 is 0. The lowest BCUT2D eigenvalue weighted by Gasteiger charge is -2.42. The van der Waals surface area contributed by atoms with Crippen LogP contribution in [0.4, 0.5) is 39.0 Å². The van der Waals surface area contributed by atoms with Gasteiger partial charge < -0.3 is 31.3 Å². The summed E-state index contributed by atoms with van der Waals surface area (Å²) in [6.45, 7) is 13.1. The number of fused-ring (bicyclic) bond motifs is 3. The zero-order valence-electron chi connectivity index (χ0n) is 41.2. The Morgan fingerprint density at radius 1 is 0.500 bits per heavy atom. The Balaban J connectivity index is 0.000000145. The number of anilines is 3. The second kappa shape index (κ2) is 18.8. The van der Waals surface area contributed by atoms with Gasteiger partial charge in [0.25, 0.3) is 0 Å². The molecule has 4 aliphatic rings. The van der Waals surface area contributed by atoms with E-state index in [0.29, 0.717) is 39.9 Å². The van der Waals surface area contributed by atoms with Gasteiger partial charge in [0.05, 0.1) is 17.1 Å². The van der Waals surface area contributed by atoms with Crippen molar-refractivity contribution >= 4 is 34.8 Å². The van der Waals surface area contributed by atoms with E-state index in [2.05, 4.69) is 16.0 Å². The quantitative estimate of drug-likeness (QED) is 0.0916. The van der Waals surface area contributed by atoms with Crippen molar-refractivity contribution in [3.63, 3.8) is 0 Å². The van der Waals surface area contributed by atoms with Crippen LogP contribution in [0.5, 0.6) is 17.2 Å². The van der Waals surface area contributed by atoms with Crippen molar-refractivity contribution < 1.29 is 51.7 Å². The van der Waals surface area contributed by atoms with Gasteiger partial charge in [-0.05, 0) is 130 Å². The molecule has 0 radical (unpaired) electrons. The largest absolute Gasteiger partial charge is 0.508 e.